The van der Waals surface area contributed by atoms with Gasteiger partial charge in [-0.2, -0.15) is 0 Å². The summed E-state index contributed by atoms with van der Waals surface area (Å²) in [6.45, 7) is 0.143. The van der Waals surface area contributed by atoms with Gasteiger partial charge in [-0.1, -0.05) is 15.9 Å². The van der Waals surface area contributed by atoms with Gasteiger partial charge in [-0.05, 0) is 23.8 Å². The zero-order valence-electron chi connectivity index (χ0n) is 8.75. The molecule has 82 valence electrons. The van der Waals surface area contributed by atoms with Crippen molar-refractivity contribution in [1.29, 1.82) is 0 Å². The molecule has 0 amide bonds. The van der Waals surface area contributed by atoms with E-state index in [1.807, 2.05) is 18.2 Å². The van der Waals surface area contributed by atoms with Gasteiger partial charge in [-0.25, -0.2) is 0 Å². The Hall–Kier alpha value is -0.870. The van der Waals surface area contributed by atoms with E-state index in [2.05, 4.69) is 15.9 Å². The molecule has 0 saturated carbocycles. The molecule has 1 rings (SSSR count). The van der Waals surface area contributed by atoms with E-state index in [0.29, 0.717) is 6.42 Å². The Morgan fingerprint density at radius 2 is 2.13 bits per heavy atom. The van der Waals surface area contributed by atoms with Crippen LogP contribution in [0.1, 0.15) is 5.56 Å². The van der Waals surface area contributed by atoms with E-state index < -0.39 is 0 Å². The predicted molar refractivity (Wildman–Crippen MR) is 61.3 cm³/mol. The molecule has 0 heterocycles. The van der Waals surface area contributed by atoms with Gasteiger partial charge in [0.05, 0.1) is 7.11 Å². The van der Waals surface area contributed by atoms with Crippen LogP contribution in [0.25, 0.3) is 0 Å². The van der Waals surface area contributed by atoms with Gasteiger partial charge in [0.15, 0.2) is 5.78 Å². The van der Waals surface area contributed by atoms with Gasteiger partial charge in [0.25, 0.3) is 0 Å². The van der Waals surface area contributed by atoms with Crippen LogP contribution in [0.15, 0.2) is 22.7 Å². The Labute approximate surface area is 97.5 Å². The number of ketones is 1. The Morgan fingerprint density at radius 1 is 1.40 bits per heavy atom. The maximum Gasteiger partial charge on any atom is 0.162 e. The average molecular weight is 273 g/mol. The Balaban J connectivity index is 2.79. The zero-order chi connectivity index (χ0) is 11.3. The number of carbonyl (C=O) groups excluding carboxylic acids is 1. The van der Waals surface area contributed by atoms with Crippen LogP contribution < -0.4 is 4.74 Å². The lowest BCUT2D eigenvalue weighted by Crippen LogP contribution is -2.10. The van der Waals surface area contributed by atoms with Gasteiger partial charge in [0.1, 0.15) is 12.4 Å². The summed E-state index contributed by atoms with van der Waals surface area (Å²) >= 11 is 3.39. The fourth-order valence-electron chi connectivity index (χ4n) is 1.24. The first kappa shape index (κ1) is 12.2. The zero-order valence-corrected chi connectivity index (χ0v) is 10.3. The third kappa shape index (κ3) is 3.64. The summed E-state index contributed by atoms with van der Waals surface area (Å²) in [6.07, 6.45) is 0.353. The minimum atomic E-state index is 0.0476. The first-order chi connectivity index (χ1) is 7.17. The third-order valence-corrected chi connectivity index (χ3v) is 2.72. The number of rotatable bonds is 5. The molecular formula is C11H13BrO3. The lowest BCUT2D eigenvalue weighted by molar-refractivity contribution is -0.121. The van der Waals surface area contributed by atoms with Crippen molar-refractivity contribution in [2.75, 3.05) is 20.8 Å². The molecule has 0 radical (unpaired) electrons. The molecule has 0 unspecified atom stereocenters. The second-order valence-electron chi connectivity index (χ2n) is 3.11. The van der Waals surface area contributed by atoms with Gasteiger partial charge in [-0.15, -0.1) is 0 Å². The minimum Gasteiger partial charge on any atom is -0.497 e. The number of hydrogen-bond acceptors (Lipinski definition) is 3. The fraction of sp³-hybridized carbons (Fsp3) is 0.364. The standard InChI is InChI=1S/C11H13BrO3/c1-14-7-9(13)5-8-6-10(15-2)3-4-11(8)12/h3-4,6H,5,7H2,1-2H3. The lowest BCUT2D eigenvalue weighted by Gasteiger charge is -2.06. The highest BCUT2D eigenvalue weighted by atomic mass is 79.9. The molecule has 15 heavy (non-hydrogen) atoms. The normalized spacial score (nSPS) is 10.1. The molecule has 3 nitrogen and oxygen atoms in total. The number of carbonyl (C=O) groups is 1. The second kappa shape index (κ2) is 5.88. The summed E-state index contributed by atoms with van der Waals surface area (Å²) < 4.78 is 10.8. The number of halogens is 1. The molecule has 0 N–H and O–H groups in total. The molecule has 4 heteroatoms. The van der Waals surface area contributed by atoms with Gasteiger partial charge in [0, 0.05) is 18.0 Å². The second-order valence-corrected chi connectivity index (χ2v) is 3.96. The van der Waals surface area contributed by atoms with Crippen molar-refractivity contribution in [3.05, 3.63) is 28.2 Å². The Kier molecular flexibility index (Phi) is 4.78. The summed E-state index contributed by atoms with van der Waals surface area (Å²) in [6, 6.07) is 5.56. The third-order valence-electron chi connectivity index (χ3n) is 1.95. The molecule has 0 saturated heterocycles. The van der Waals surface area contributed by atoms with Gasteiger partial charge >= 0.3 is 0 Å². The predicted octanol–water partition coefficient (Wildman–Crippen LogP) is 2.22. The van der Waals surface area contributed by atoms with E-state index in [1.165, 1.54) is 7.11 Å². The molecule has 1 aromatic carbocycles. The molecule has 0 bridgehead atoms. The van der Waals surface area contributed by atoms with Crippen LogP contribution in [0.5, 0.6) is 5.75 Å². The number of methoxy groups -OCH3 is 2. The van der Waals surface area contributed by atoms with Crippen molar-refractivity contribution in [2.24, 2.45) is 0 Å². The van der Waals surface area contributed by atoms with Crippen molar-refractivity contribution in [1.82, 2.24) is 0 Å². The minimum absolute atomic E-state index is 0.0476. The first-order valence-electron chi connectivity index (χ1n) is 4.50. The SMILES string of the molecule is COCC(=O)Cc1cc(OC)ccc1Br. The molecule has 1 aromatic rings. The molecule has 0 aliphatic rings. The van der Waals surface area contributed by atoms with E-state index in [9.17, 15) is 4.79 Å². The maximum atomic E-state index is 11.4. The topological polar surface area (TPSA) is 35.5 Å². The van der Waals surface area contributed by atoms with Crippen molar-refractivity contribution in [2.45, 2.75) is 6.42 Å². The molecule has 0 atom stereocenters. The van der Waals surface area contributed by atoms with Gasteiger partial charge in [-0.3, -0.25) is 4.79 Å². The number of hydrogen-bond donors (Lipinski definition) is 0. The van der Waals surface area contributed by atoms with Gasteiger partial charge in [0.2, 0.25) is 0 Å². The summed E-state index contributed by atoms with van der Waals surface area (Å²) in [5.41, 5.74) is 0.913. The van der Waals surface area contributed by atoms with Crippen molar-refractivity contribution in [3.63, 3.8) is 0 Å². The van der Waals surface area contributed by atoms with Crippen molar-refractivity contribution in [3.8, 4) is 5.75 Å². The number of Topliss-reactive ketones (excluding diaryl/α,β-unsaturated/α-hetero) is 1. The van der Waals surface area contributed by atoms with Crippen molar-refractivity contribution >= 4 is 21.7 Å². The van der Waals surface area contributed by atoms with Crippen LogP contribution in [0, 0.1) is 0 Å². The Bertz CT molecular complexity index is 350. The monoisotopic (exact) mass is 272 g/mol. The summed E-state index contributed by atoms with van der Waals surface area (Å²) in [5.74, 6) is 0.796. The largest absolute Gasteiger partial charge is 0.497 e. The fourth-order valence-corrected chi connectivity index (χ4v) is 1.62. The van der Waals surface area contributed by atoms with E-state index >= 15 is 0 Å². The van der Waals surface area contributed by atoms with E-state index in [4.69, 9.17) is 9.47 Å². The molecular weight excluding hydrogens is 260 g/mol. The molecule has 0 fully saturated rings. The maximum absolute atomic E-state index is 11.4. The average Bonchev–Trinajstić information content (AvgIpc) is 2.21. The number of ether oxygens (including phenoxy) is 2. The van der Waals surface area contributed by atoms with Crippen LogP contribution in [0.4, 0.5) is 0 Å². The van der Waals surface area contributed by atoms with Crippen LogP contribution >= 0.6 is 15.9 Å². The highest BCUT2D eigenvalue weighted by Crippen LogP contribution is 2.22. The van der Waals surface area contributed by atoms with Gasteiger partial charge < -0.3 is 9.47 Å². The molecule has 0 spiro atoms. The molecule has 0 aliphatic carbocycles. The van der Waals surface area contributed by atoms with E-state index in [-0.39, 0.29) is 12.4 Å². The lowest BCUT2D eigenvalue weighted by atomic mass is 10.1. The molecule has 0 aromatic heterocycles. The van der Waals surface area contributed by atoms with Crippen LogP contribution in [-0.4, -0.2) is 26.6 Å². The van der Waals surface area contributed by atoms with E-state index in [1.54, 1.807) is 7.11 Å². The smallest absolute Gasteiger partial charge is 0.162 e. The molecule has 0 aliphatic heterocycles. The van der Waals surface area contributed by atoms with Crippen LogP contribution in [0.2, 0.25) is 0 Å². The highest BCUT2D eigenvalue weighted by molar-refractivity contribution is 9.10. The highest BCUT2D eigenvalue weighted by Gasteiger charge is 2.07. The quantitative estimate of drug-likeness (QED) is 0.825. The first-order valence-corrected chi connectivity index (χ1v) is 5.29. The number of benzene rings is 1. The van der Waals surface area contributed by atoms with E-state index in [0.717, 1.165) is 15.8 Å². The summed E-state index contributed by atoms with van der Waals surface area (Å²) in [4.78, 5) is 11.4. The Morgan fingerprint density at radius 3 is 2.73 bits per heavy atom. The van der Waals surface area contributed by atoms with Crippen LogP contribution in [0.3, 0.4) is 0 Å². The van der Waals surface area contributed by atoms with Crippen molar-refractivity contribution < 1.29 is 14.3 Å². The summed E-state index contributed by atoms with van der Waals surface area (Å²) in [5, 5.41) is 0. The summed E-state index contributed by atoms with van der Waals surface area (Å²) in [7, 11) is 3.11. The van der Waals surface area contributed by atoms with Crippen LogP contribution in [-0.2, 0) is 16.0 Å².